The molecule has 0 radical (unpaired) electrons. The molecule has 1 heterocycles. The number of benzene rings is 1. The van der Waals surface area contributed by atoms with Gasteiger partial charge < -0.3 is 24.6 Å². The van der Waals surface area contributed by atoms with Gasteiger partial charge in [0.2, 0.25) is 0 Å². The average molecular weight is 462 g/mol. The standard InChI is InChI=1S/C17H26N4O3.HI/c1-4-24-17(22)21-10-8-20(9-11-21)16(18-2)19-13-14-6-5-7-15(12-14)23-3;/h5-7,12H,4,8-11,13H2,1-3H3,(H,18,19);1H. The van der Waals surface area contributed by atoms with Gasteiger partial charge in [0, 0.05) is 39.8 Å². The van der Waals surface area contributed by atoms with Crippen LogP contribution in [0.1, 0.15) is 12.5 Å². The van der Waals surface area contributed by atoms with E-state index < -0.39 is 0 Å². The van der Waals surface area contributed by atoms with Gasteiger partial charge in [0.15, 0.2) is 5.96 Å². The van der Waals surface area contributed by atoms with Crippen LogP contribution in [-0.4, -0.2) is 68.8 Å². The molecule has 140 valence electrons. The van der Waals surface area contributed by atoms with Crippen molar-refractivity contribution in [2.24, 2.45) is 4.99 Å². The van der Waals surface area contributed by atoms with Crippen LogP contribution in [0.15, 0.2) is 29.3 Å². The first-order valence-corrected chi connectivity index (χ1v) is 8.18. The van der Waals surface area contributed by atoms with Crippen LogP contribution in [0.4, 0.5) is 4.79 Å². The van der Waals surface area contributed by atoms with E-state index in [0.717, 1.165) is 30.4 Å². The number of amides is 1. The molecule has 1 N–H and O–H groups in total. The van der Waals surface area contributed by atoms with Gasteiger partial charge in [-0.1, -0.05) is 12.1 Å². The average Bonchev–Trinajstić information content (AvgIpc) is 2.63. The van der Waals surface area contributed by atoms with E-state index in [4.69, 9.17) is 9.47 Å². The minimum absolute atomic E-state index is 0. The number of halogens is 1. The van der Waals surface area contributed by atoms with E-state index in [1.54, 1.807) is 19.1 Å². The first-order valence-electron chi connectivity index (χ1n) is 8.18. The lowest BCUT2D eigenvalue weighted by Crippen LogP contribution is -2.53. The Hall–Kier alpha value is -1.71. The molecule has 0 unspecified atom stereocenters. The summed E-state index contributed by atoms with van der Waals surface area (Å²) in [5.41, 5.74) is 1.13. The third-order valence-corrected chi connectivity index (χ3v) is 3.90. The Morgan fingerprint density at radius 1 is 1.24 bits per heavy atom. The molecule has 1 aliphatic rings. The van der Waals surface area contributed by atoms with Crippen molar-refractivity contribution in [3.63, 3.8) is 0 Å². The molecule has 0 aromatic heterocycles. The van der Waals surface area contributed by atoms with Crippen molar-refractivity contribution < 1.29 is 14.3 Å². The largest absolute Gasteiger partial charge is 0.497 e. The number of ether oxygens (including phenoxy) is 2. The first kappa shape index (κ1) is 21.3. The molecule has 2 rings (SSSR count). The lowest BCUT2D eigenvalue weighted by molar-refractivity contribution is 0.0914. The van der Waals surface area contributed by atoms with E-state index in [1.807, 2.05) is 31.2 Å². The van der Waals surface area contributed by atoms with Crippen molar-refractivity contribution in [1.82, 2.24) is 15.1 Å². The molecule has 0 atom stereocenters. The quantitative estimate of drug-likeness (QED) is 0.422. The molecule has 1 saturated heterocycles. The highest BCUT2D eigenvalue weighted by Crippen LogP contribution is 2.12. The summed E-state index contributed by atoms with van der Waals surface area (Å²) < 4.78 is 10.3. The number of carbonyl (C=O) groups is 1. The number of nitrogens with one attached hydrogen (secondary N) is 1. The number of nitrogens with zero attached hydrogens (tertiary/aromatic N) is 3. The number of hydrogen-bond acceptors (Lipinski definition) is 4. The van der Waals surface area contributed by atoms with Gasteiger partial charge in [-0.25, -0.2) is 4.79 Å². The van der Waals surface area contributed by atoms with Crippen LogP contribution in [0.25, 0.3) is 0 Å². The molecule has 1 aromatic carbocycles. The smallest absolute Gasteiger partial charge is 0.409 e. The van der Waals surface area contributed by atoms with Crippen LogP contribution in [0.5, 0.6) is 5.75 Å². The lowest BCUT2D eigenvalue weighted by atomic mass is 10.2. The molecule has 0 saturated carbocycles. The van der Waals surface area contributed by atoms with Crippen molar-refractivity contribution in [2.45, 2.75) is 13.5 Å². The van der Waals surface area contributed by atoms with E-state index in [1.165, 1.54) is 0 Å². The van der Waals surface area contributed by atoms with E-state index >= 15 is 0 Å². The van der Waals surface area contributed by atoms with Gasteiger partial charge in [-0.3, -0.25) is 4.99 Å². The Morgan fingerprint density at radius 3 is 2.52 bits per heavy atom. The fourth-order valence-corrected chi connectivity index (χ4v) is 2.61. The number of carbonyl (C=O) groups excluding carboxylic acids is 1. The maximum atomic E-state index is 11.7. The van der Waals surface area contributed by atoms with Crippen LogP contribution in [0.2, 0.25) is 0 Å². The number of piperazine rings is 1. The van der Waals surface area contributed by atoms with Crippen LogP contribution in [-0.2, 0) is 11.3 Å². The number of methoxy groups -OCH3 is 1. The van der Waals surface area contributed by atoms with E-state index in [9.17, 15) is 4.79 Å². The normalized spacial score (nSPS) is 14.6. The van der Waals surface area contributed by atoms with Gasteiger partial charge in [0.05, 0.1) is 13.7 Å². The van der Waals surface area contributed by atoms with Crippen LogP contribution in [0.3, 0.4) is 0 Å². The summed E-state index contributed by atoms with van der Waals surface area (Å²) in [7, 11) is 3.43. The maximum absolute atomic E-state index is 11.7. The summed E-state index contributed by atoms with van der Waals surface area (Å²) in [5.74, 6) is 1.67. The van der Waals surface area contributed by atoms with Gasteiger partial charge in [0.25, 0.3) is 0 Å². The van der Waals surface area contributed by atoms with Gasteiger partial charge in [-0.15, -0.1) is 24.0 Å². The zero-order valence-corrected chi connectivity index (χ0v) is 17.4. The van der Waals surface area contributed by atoms with Gasteiger partial charge >= 0.3 is 6.09 Å². The Bertz CT molecular complexity index is 575. The Balaban J connectivity index is 0.00000312. The fraction of sp³-hybridized carbons (Fsp3) is 0.529. The molecular formula is C17H27IN4O3. The molecule has 0 bridgehead atoms. The summed E-state index contributed by atoms with van der Waals surface area (Å²) in [6.07, 6.45) is -0.239. The van der Waals surface area contributed by atoms with Crippen molar-refractivity contribution >= 4 is 36.0 Å². The Morgan fingerprint density at radius 2 is 1.92 bits per heavy atom. The predicted molar refractivity (Wildman–Crippen MR) is 109 cm³/mol. The number of guanidine groups is 1. The highest BCUT2D eigenvalue weighted by Gasteiger charge is 2.23. The predicted octanol–water partition coefficient (Wildman–Crippen LogP) is 2.16. The van der Waals surface area contributed by atoms with Crippen LogP contribution in [0, 0.1) is 0 Å². The molecule has 1 fully saturated rings. The summed E-state index contributed by atoms with van der Waals surface area (Å²) in [4.78, 5) is 20.0. The second-order valence-corrected chi connectivity index (χ2v) is 5.43. The van der Waals surface area contributed by atoms with Gasteiger partial charge in [-0.05, 0) is 24.6 Å². The molecule has 7 nitrogen and oxygen atoms in total. The van der Waals surface area contributed by atoms with Crippen molar-refractivity contribution in [2.75, 3.05) is 46.9 Å². The monoisotopic (exact) mass is 462 g/mol. The molecule has 0 spiro atoms. The highest BCUT2D eigenvalue weighted by molar-refractivity contribution is 14.0. The molecule has 25 heavy (non-hydrogen) atoms. The van der Waals surface area contributed by atoms with Crippen molar-refractivity contribution in [3.05, 3.63) is 29.8 Å². The summed E-state index contributed by atoms with van der Waals surface area (Å²) in [6, 6.07) is 7.93. The minimum Gasteiger partial charge on any atom is -0.497 e. The lowest BCUT2D eigenvalue weighted by Gasteiger charge is -2.35. The topological polar surface area (TPSA) is 66.4 Å². The van der Waals surface area contributed by atoms with E-state index in [-0.39, 0.29) is 30.1 Å². The molecule has 0 aliphatic carbocycles. The molecule has 1 amide bonds. The third kappa shape index (κ3) is 6.26. The molecule has 8 heteroatoms. The minimum atomic E-state index is -0.239. The van der Waals surface area contributed by atoms with E-state index in [2.05, 4.69) is 15.2 Å². The number of hydrogen-bond donors (Lipinski definition) is 1. The van der Waals surface area contributed by atoms with Crippen LogP contribution >= 0.6 is 24.0 Å². The highest BCUT2D eigenvalue weighted by atomic mass is 127. The van der Waals surface area contributed by atoms with E-state index in [0.29, 0.717) is 26.2 Å². The fourth-order valence-electron chi connectivity index (χ4n) is 2.61. The number of rotatable bonds is 4. The molecular weight excluding hydrogens is 435 g/mol. The third-order valence-electron chi connectivity index (χ3n) is 3.90. The van der Waals surface area contributed by atoms with Gasteiger partial charge in [-0.2, -0.15) is 0 Å². The second-order valence-electron chi connectivity index (χ2n) is 5.43. The zero-order chi connectivity index (χ0) is 17.4. The Kier molecular flexibility index (Phi) is 9.40. The second kappa shape index (κ2) is 11.0. The molecule has 1 aromatic rings. The van der Waals surface area contributed by atoms with Crippen molar-refractivity contribution in [3.8, 4) is 5.75 Å². The number of aliphatic imine (C=N–C) groups is 1. The summed E-state index contributed by atoms with van der Waals surface area (Å²) >= 11 is 0. The van der Waals surface area contributed by atoms with Gasteiger partial charge in [0.1, 0.15) is 5.75 Å². The molecule has 1 aliphatic heterocycles. The summed E-state index contributed by atoms with van der Waals surface area (Å²) in [6.45, 7) is 5.63. The SMILES string of the molecule is CCOC(=O)N1CCN(C(=NC)NCc2cccc(OC)c2)CC1.I. The summed E-state index contributed by atoms with van der Waals surface area (Å²) in [5, 5.41) is 3.36. The maximum Gasteiger partial charge on any atom is 0.409 e. The Labute approximate surface area is 166 Å². The zero-order valence-electron chi connectivity index (χ0n) is 15.0. The van der Waals surface area contributed by atoms with Crippen molar-refractivity contribution in [1.29, 1.82) is 0 Å². The van der Waals surface area contributed by atoms with Crippen LogP contribution < -0.4 is 10.1 Å². The first-order chi connectivity index (χ1) is 11.7.